The fourth-order valence-corrected chi connectivity index (χ4v) is 15.0. The molecule has 2 atom stereocenters. The molecule has 1 N–H and O–H groups in total. The van der Waals surface area contributed by atoms with Crippen LogP contribution in [0.4, 0.5) is 41.2 Å². The first-order valence-corrected chi connectivity index (χ1v) is 36.3. The summed E-state index contributed by atoms with van der Waals surface area (Å²) >= 11 is 0. The zero-order valence-electron chi connectivity index (χ0n) is 61.0. The van der Waals surface area contributed by atoms with E-state index in [2.05, 4.69) is 44.3 Å². The van der Waals surface area contributed by atoms with Gasteiger partial charge in [-0.05, 0) is 159 Å². The number of nitrogens with one attached hydrogen (secondary N) is 1. The average molecular weight is 1560 g/mol. The van der Waals surface area contributed by atoms with Gasteiger partial charge in [0.1, 0.15) is 30.9 Å². The van der Waals surface area contributed by atoms with Crippen molar-refractivity contribution in [3.8, 4) is 11.1 Å². The van der Waals surface area contributed by atoms with Crippen molar-refractivity contribution in [3.63, 3.8) is 0 Å². The number of unbranched alkanes of at least 4 members (excludes halogenated alkanes) is 2. The number of piperidine rings is 2. The van der Waals surface area contributed by atoms with E-state index < -0.39 is 64.6 Å². The Morgan fingerprint density at radius 3 is 1.85 bits per heavy atom. The Hall–Kier alpha value is -8.13. The second kappa shape index (κ2) is 39.0. The predicted octanol–water partition coefficient (Wildman–Crippen LogP) is 15.8. The van der Waals surface area contributed by atoms with Gasteiger partial charge in [-0.15, -0.1) is 37.2 Å². The predicted molar refractivity (Wildman–Crippen MR) is 409 cm³/mol. The number of nitrogens with zero attached hydrogens (tertiary/aromatic N) is 7. The number of likely N-dealkylation sites (N-methyl/N-ethyl adjacent to an activating group) is 2. The van der Waals surface area contributed by atoms with Gasteiger partial charge in [-0.25, -0.2) is 9.18 Å². The van der Waals surface area contributed by atoms with Gasteiger partial charge < -0.3 is 43.6 Å². The maximum Gasteiger partial charge on any atom is 0.416 e. The summed E-state index contributed by atoms with van der Waals surface area (Å²) in [6, 6.07) is 50.1. The number of para-hydroxylation sites is 1. The van der Waals surface area contributed by atoms with Crippen LogP contribution in [0, 0.1) is 5.82 Å². The Labute approximate surface area is 646 Å². The van der Waals surface area contributed by atoms with E-state index in [0.29, 0.717) is 107 Å². The van der Waals surface area contributed by atoms with Crippen molar-refractivity contribution in [2.24, 2.45) is 0 Å². The van der Waals surface area contributed by atoms with E-state index in [4.69, 9.17) is 14.2 Å². The number of halogens is 10. The molecule has 5 amide bonds. The second-order valence-corrected chi connectivity index (χ2v) is 28.4. The topological polar surface area (TPSA) is 148 Å². The summed E-state index contributed by atoms with van der Waals surface area (Å²) in [7, 11) is 5.36. The minimum atomic E-state index is -5.15. The van der Waals surface area contributed by atoms with Crippen LogP contribution in [0.5, 0.6) is 0 Å². The lowest BCUT2D eigenvalue weighted by Gasteiger charge is -2.44. The van der Waals surface area contributed by atoms with E-state index in [9.17, 15) is 54.7 Å². The molecule has 11 rings (SSSR count). The second-order valence-electron chi connectivity index (χ2n) is 28.4. The first-order valence-electron chi connectivity index (χ1n) is 36.3. The Morgan fingerprint density at radius 1 is 0.593 bits per heavy atom. The van der Waals surface area contributed by atoms with Gasteiger partial charge in [-0.2, -0.15) is 26.3 Å². The number of anilines is 1. The third kappa shape index (κ3) is 22.3. The molecule has 0 aromatic heterocycles. The molecule has 0 bridgehead atoms. The van der Waals surface area contributed by atoms with Crippen LogP contribution in [-0.4, -0.2) is 183 Å². The van der Waals surface area contributed by atoms with E-state index in [-0.39, 0.29) is 92.8 Å². The van der Waals surface area contributed by atoms with Gasteiger partial charge in [0.2, 0.25) is 11.8 Å². The van der Waals surface area contributed by atoms with Crippen molar-refractivity contribution in [3.05, 3.63) is 232 Å². The number of hydrogen-bond acceptors (Lipinski definition) is 11. The van der Waals surface area contributed by atoms with Crippen LogP contribution >= 0.6 is 37.2 Å². The summed E-state index contributed by atoms with van der Waals surface area (Å²) < 4.78 is 116. The Bertz CT molecular complexity index is 4050. The van der Waals surface area contributed by atoms with Gasteiger partial charge in [0.05, 0.1) is 29.5 Å². The number of benzene rings is 7. The quantitative estimate of drug-likeness (QED) is 0.0353. The van der Waals surface area contributed by atoms with Gasteiger partial charge in [0, 0.05) is 109 Å². The maximum atomic E-state index is 14.3. The van der Waals surface area contributed by atoms with Gasteiger partial charge in [-0.1, -0.05) is 134 Å². The van der Waals surface area contributed by atoms with E-state index in [1.165, 1.54) is 29.8 Å². The fourth-order valence-electron chi connectivity index (χ4n) is 15.0. The third-order valence-electron chi connectivity index (χ3n) is 21.2. The van der Waals surface area contributed by atoms with Gasteiger partial charge in [-0.3, -0.25) is 29.4 Å². The highest BCUT2D eigenvalue weighted by atomic mass is 35.5. The van der Waals surface area contributed by atoms with Crippen molar-refractivity contribution < 1.29 is 68.9 Å². The van der Waals surface area contributed by atoms with Crippen LogP contribution in [0.25, 0.3) is 11.1 Å². The summed E-state index contributed by atoms with van der Waals surface area (Å²) in [4.78, 5) is 80.7. The number of fused-ring (bicyclic) bond motifs is 2. The maximum absolute atomic E-state index is 14.3. The molecule has 1 spiro atoms. The lowest BCUT2D eigenvalue weighted by atomic mass is 9.72. The molecular formula is C82H96Cl3F7N8O8. The molecule has 3 heterocycles. The molecule has 0 saturated carbocycles. The normalized spacial score (nSPS) is 17.2. The Kier molecular flexibility index (Phi) is 30.9. The van der Waals surface area contributed by atoms with Crippen LogP contribution in [0.15, 0.2) is 176 Å². The zero-order valence-corrected chi connectivity index (χ0v) is 63.5. The molecule has 26 heteroatoms. The monoisotopic (exact) mass is 1560 g/mol. The summed E-state index contributed by atoms with van der Waals surface area (Å²) in [6.45, 7) is 6.84. The van der Waals surface area contributed by atoms with Crippen LogP contribution in [0.1, 0.15) is 124 Å². The van der Waals surface area contributed by atoms with Crippen LogP contribution in [0.2, 0.25) is 0 Å². The highest BCUT2D eigenvalue weighted by Gasteiger charge is 2.50. The Balaban J connectivity index is 0.00000490. The van der Waals surface area contributed by atoms with Crippen molar-refractivity contribution >= 4 is 72.6 Å². The number of likely N-dealkylation sites (tertiary alicyclic amines) is 2. The van der Waals surface area contributed by atoms with Crippen molar-refractivity contribution in [1.82, 2.24) is 34.3 Å². The van der Waals surface area contributed by atoms with Gasteiger partial charge in [0.25, 0.3) is 11.8 Å². The highest BCUT2D eigenvalue weighted by molar-refractivity contribution is 5.95. The molecule has 7 aromatic carbocycles. The molecule has 108 heavy (non-hydrogen) atoms. The van der Waals surface area contributed by atoms with Gasteiger partial charge >= 0.3 is 18.4 Å². The molecule has 582 valence electrons. The largest absolute Gasteiger partial charge is 0.446 e. The number of ether oxygens (including phenoxy) is 3. The summed E-state index contributed by atoms with van der Waals surface area (Å²) in [6.07, 6.45) is -3.98. The van der Waals surface area contributed by atoms with Gasteiger partial charge in [0.15, 0.2) is 0 Å². The first kappa shape index (κ1) is 85.5. The van der Waals surface area contributed by atoms with E-state index >= 15 is 0 Å². The lowest BCUT2D eigenvalue weighted by Crippen LogP contribution is -2.50. The minimum Gasteiger partial charge on any atom is -0.446 e. The molecule has 0 unspecified atom stereocenters. The van der Waals surface area contributed by atoms with Crippen LogP contribution < -0.4 is 5.32 Å². The van der Waals surface area contributed by atoms with Crippen LogP contribution in [-0.2, 0) is 66.7 Å². The summed E-state index contributed by atoms with van der Waals surface area (Å²) in [5.41, 5.74) is 2.58. The van der Waals surface area contributed by atoms with Crippen molar-refractivity contribution in [2.75, 3.05) is 112 Å². The molecule has 7 aromatic rings. The molecule has 1 aliphatic carbocycles. The van der Waals surface area contributed by atoms with E-state index in [1.807, 2.05) is 121 Å². The van der Waals surface area contributed by atoms with E-state index in [1.54, 1.807) is 23.9 Å². The van der Waals surface area contributed by atoms with Crippen molar-refractivity contribution in [2.45, 2.75) is 119 Å². The van der Waals surface area contributed by atoms with Crippen molar-refractivity contribution in [1.29, 1.82) is 0 Å². The lowest BCUT2D eigenvalue weighted by molar-refractivity contribution is -0.143. The van der Waals surface area contributed by atoms with E-state index in [0.717, 1.165) is 97.5 Å². The zero-order chi connectivity index (χ0) is 74.3. The molecule has 16 nitrogen and oxygen atoms in total. The summed E-state index contributed by atoms with van der Waals surface area (Å²) in [5, 5.41) is 2.94. The van der Waals surface area contributed by atoms with Crippen LogP contribution in [0.3, 0.4) is 0 Å². The molecule has 4 aliphatic rings. The number of alkyl halides is 6. The number of hydrogen-bond donors (Lipinski definition) is 1. The molecule has 3 aliphatic heterocycles. The highest BCUT2D eigenvalue weighted by Crippen LogP contribution is 2.49. The third-order valence-corrected chi connectivity index (χ3v) is 21.2. The fraction of sp³-hybridized carbons (Fsp3) is 0.427. The molecule has 3 saturated heterocycles. The molecular weight excluding hydrogens is 1460 g/mol. The number of carbonyl (C=O) groups is 5. The number of carbonyl (C=O) groups excluding carboxylic acids is 5. The first-order chi connectivity index (χ1) is 50.4. The standard InChI is InChI=1S/C82H93F7N8O8.3ClH/c1-91(75(99)56-103-73-52-63-22-12-14-24-71(63)79(73)37-45-95(46-38-79)47-39-80(65-31-33-68(83)34-32-65)57-97(58-104-80)77(101)64-50-66(81(84,85)86)53-67(51-64)82(87,88)89)40-17-41-93(3)76(100)62-29-27-60(28-30-62)55-96(54-59-18-7-4-8-19-59)42-16-6-11-26-74(98)92(2)48-49-94-43-35-69(36-44-94)105-78(102)90-72-25-15-13-23-70(72)61-20-9-5-10-21-61;;;/h4-5,7-10,12-15,18-25,27-34,50-51,53,69,73H,6,11,16-17,26,35-49,52,54-58H2,1-3H3,(H,90,102);3*1H/t73-,80-;;;/m0.../s1. The molecule has 3 fully saturated rings. The molecule has 0 radical (unpaired) electrons. The average Bonchev–Trinajstić information content (AvgIpc) is 1.58. The minimum absolute atomic E-state index is 0. The number of rotatable bonds is 29. The smallest absolute Gasteiger partial charge is 0.416 e. The Morgan fingerprint density at radius 2 is 1.19 bits per heavy atom. The summed E-state index contributed by atoms with van der Waals surface area (Å²) in [5.74, 6) is -1.80. The SMILES string of the molecule is CN(CCN1CCC(OC(=O)Nc2ccccc2-c2ccccc2)CC1)C(=O)CCCCCN(Cc1ccccc1)Cc1ccc(C(=O)N(C)CCCN(C)C(=O)CO[C@H]2Cc3ccccc3C23CCN(CC[C@@]2(c4ccc(F)cc4)CN(C(=O)c4cc(C(F)(F)F)cc(C(F)(F)F)c4)CO2)CC3)cc1.Cl.Cl.Cl. The number of amides is 5.